The molecule has 0 spiro atoms. The highest BCUT2D eigenvalue weighted by molar-refractivity contribution is 7.18. The summed E-state index contributed by atoms with van der Waals surface area (Å²) in [4.78, 5) is 26.0. The summed E-state index contributed by atoms with van der Waals surface area (Å²) in [5, 5.41) is 8.31. The van der Waals surface area contributed by atoms with Crippen LogP contribution in [0.3, 0.4) is 0 Å². The molecule has 3 rings (SSSR count). The first-order valence-corrected chi connectivity index (χ1v) is 5.82. The Labute approximate surface area is 95.8 Å². The Morgan fingerprint density at radius 1 is 1.38 bits per heavy atom. The summed E-state index contributed by atoms with van der Waals surface area (Å²) in [5.74, 6) is -0.0245. The minimum absolute atomic E-state index is 0.0105. The topological polar surface area (TPSA) is 62.1 Å². The molecule has 16 heavy (non-hydrogen) atoms. The minimum atomic E-state index is -0.0140. The van der Waals surface area contributed by atoms with Crippen LogP contribution in [0.2, 0.25) is 0 Å². The number of rotatable bonds is 0. The Kier molecular flexibility index (Phi) is 1.94. The number of nitrogens with zero attached hydrogens (tertiary/aromatic N) is 3. The molecule has 82 valence electrons. The van der Waals surface area contributed by atoms with E-state index in [0.29, 0.717) is 22.0 Å². The Bertz CT molecular complexity index is 532. The van der Waals surface area contributed by atoms with Crippen molar-refractivity contribution in [1.29, 1.82) is 0 Å². The lowest BCUT2D eigenvalue weighted by Crippen LogP contribution is -2.33. The average Bonchev–Trinajstić information content (AvgIpc) is 2.64. The van der Waals surface area contributed by atoms with Gasteiger partial charge in [-0.3, -0.25) is 9.59 Å². The zero-order chi connectivity index (χ0) is 11.3. The van der Waals surface area contributed by atoms with Crippen LogP contribution in [0.15, 0.2) is 10.2 Å². The molecule has 1 aromatic rings. The third-order valence-corrected chi connectivity index (χ3v) is 3.99. The number of Topliss-reactive ketones (excluding diaryl/α,β-unsaturated/α-hetero) is 1. The Balaban J connectivity index is 2.22. The van der Waals surface area contributed by atoms with E-state index >= 15 is 0 Å². The van der Waals surface area contributed by atoms with E-state index in [1.807, 2.05) is 0 Å². The molecule has 3 heterocycles. The number of ketones is 1. The highest BCUT2D eigenvalue weighted by Crippen LogP contribution is 2.40. The number of thiophene rings is 1. The van der Waals surface area contributed by atoms with Crippen molar-refractivity contribution in [2.75, 3.05) is 20.1 Å². The van der Waals surface area contributed by atoms with Crippen LogP contribution in [0, 0.1) is 0 Å². The molecule has 0 fully saturated rings. The monoisotopic (exact) mass is 235 g/mol. The fraction of sp³-hybridized carbons (Fsp3) is 0.400. The van der Waals surface area contributed by atoms with Crippen molar-refractivity contribution in [3.05, 3.63) is 16.0 Å². The van der Waals surface area contributed by atoms with E-state index in [-0.39, 0.29) is 18.2 Å². The van der Waals surface area contributed by atoms with Crippen molar-refractivity contribution in [3.8, 4) is 0 Å². The van der Waals surface area contributed by atoms with Crippen LogP contribution in [0.25, 0.3) is 0 Å². The van der Waals surface area contributed by atoms with E-state index < -0.39 is 0 Å². The molecule has 0 saturated heterocycles. The lowest BCUT2D eigenvalue weighted by atomic mass is 9.99. The minimum Gasteiger partial charge on any atom is -0.341 e. The summed E-state index contributed by atoms with van der Waals surface area (Å²) in [6, 6.07) is 0. The van der Waals surface area contributed by atoms with Gasteiger partial charge in [0.15, 0.2) is 5.78 Å². The normalized spacial score (nSPS) is 18.7. The van der Waals surface area contributed by atoms with Gasteiger partial charge in [0.2, 0.25) is 0 Å². The second kappa shape index (κ2) is 3.21. The Morgan fingerprint density at radius 3 is 3.00 bits per heavy atom. The fourth-order valence-electron chi connectivity index (χ4n) is 2.02. The van der Waals surface area contributed by atoms with Crippen LogP contribution in [0.4, 0.5) is 5.00 Å². The standard InChI is InChI=1S/C10H9N3O2S/c1-13-3-2-5-7-6(14)4-11-12-9(7)16-8(5)10(13)15/h2-4H2,1H3. The van der Waals surface area contributed by atoms with E-state index in [0.717, 1.165) is 12.0 Å². The molecule has 0 atom stereocenters. The number of carbonyl (C=O) groups excluding carboxylic acids is 2. The number of azo groups is 1. The van der Waals surface area contributed by atoms with Gasteiger partial charge in [0.1, 0.15) is 11.5 Å². The molecule has 0 saturated carbocycles. The Morgan fingerprint density at radius 2 is 2.19 bits per heavy atom. The third kappa shape index (κ3) is 1.16. The van der Waals surface area contributed by atoms with Crippen LogP contribution in [0.5, 0.6) is 0 Å². The molecule has 0 bridgehead atoms. The first-order valence-electron chi connectivity index (χ1n) is 5.00. The van der Waals surface area contributed by atoms with Gasteiger partial charge in [-0.15, -0.1) is 16.5 Å². The molecular weight excluding hydrogens is 226 g/mol. The van der Waals surface area contributed by atoms with Gasteiger partial charge in [0.25, 0.3) is 5.91 Å². The van der Waals surface area contributed by atoms with Gasteiger partial charge in [-0.1, -0.05) is 0 Å². The highest BCUT2D eigenvalue weighted by atomic mass is 32.1. The number of hydrogen-bond acceptors (Lipinski definition) is 5. The molecule has 6 heteroatoms. The van der Waals surface area contributed by atoms with Crippen LogP contribution < -0.4 is 0 Å². The molecule has 2 aliphatic rings. The summed E-state index contributed by atoms with van der Waals surface area (Å²) in [5.41, 5.74) is 1.52. The van der Waals surface area contributed by atoms with Crippen molar-refractivity contribution < 1.29 is 9.59 Å². The predicted molar refractivity (Wildman–Crippen MR) is 58.7 cm³/mol. The van der Waals surface area contributed by atoms with Gasteiger partial charge in [-0.2, -0.15) is 5.11 Å². The van der Waals surface area contributed by atoms with E-state index in [9.17, 15) is 9.59 Å². The predicted octanol–water partition coefficient (Wildman–Crippen LogP) is 1.66. The number of fused-ring (bicyclic) bond motifs is 3. The van der Waals surface area contributed by atoms with Crippen LogP contribution in [0.1, 0.15) is 25.6 Å². The van der Waals surface area contributed by atoms with E-state index in [1.54, 1.807) is 11.9 Å². The van der Waals surface area contributed by atoms with Crippen molar-refractivity contribution in [2.45, 2.75) is 6.42 Å². The summed E-state index contributed by atoms with van der Waals surface area (Å²) in [6.45, 7) is 0.777. The lowest BCUT2D eigenvalue weighted by Gasteiger charge is -2.22. The number of hydrogen-bond donors (Lipinski definition) is 0. The largest absolute Gasteiger partial charge is 0.341 e. The molecule has 0 radical (unpaired) electrons. The van der Waals surface area contributed by atoms with Crippen LogP contribution >= 0.6 is 11.3 Å². The second-order valence-corrected chi connectivity index (χ2v) is 4.89. The van der Waals surface area contributed by atoms with Gasteiger partial charge in [0.05, 0.1) is 10.4 Å². The summed E-state index contributed by atoms with van der Waals surface area (Å²) >= 11 is 1.28. The van der Waals surface area contributed by atoms with Crippen molar-refractivity contribution in [2.24, 2.45) is 10.2 Å². The quantitative estimate of drug-likeness (QED) is 0.686. The zero-order valence-electron chi connectivity index (χ0n) is 8.69. The lowest BCUT2D eigenvalue weighted by molar-refractivity contribution is 0.0786. The second-order valence-electron chi connectivity index (χ2n) is 3.89. The SMILES string of the molecule is CN1CCc2c(sc3c2C(=O)CN=N3)C1=O. The molecule has 0 N–H and O–H groups in total. The summed E-state index contributed by atoms with van der Waals surface area (Å²) in [6.07, 6.45) is 0.741. The van der Waals surface area contributed by atoms with Crippen molar-refractivity contribution in [1.82, 2.24) is 4.90 Å². The van der Waals surface area contributed by atoms with Crippen molar-refractivity contribution in [3.63, 3.8) is 0 Å². The molecular formula is C10H9N3O2S. The molecule has 2 aliphatic heterocycles. The summed E-state index contributed by atoms with van der Waals surface area (Å²) < 4.78 is 0. The molecule has 1 amide bonds. The van der Waals surface area contributed by atoms with E-state index in [4.69, 9.17) is 0 Å². The van der Waals surface area contributed by atoms with Gasteiger partial charge < -0.3 is 4.90 Å². The molecule has 0 aliphatic carbocycles. The smallest absolute Gasteiger partial charge is 0.264 e. The maximum atomic E-state index is 11.9. The van der Waals surface area contributed by atoms with E-state index in [2.05, 4.69) is 10.2 Å². The first-order chi connectivity index (χ1) is 7.68. The first kappa shape index (κ1) is 9.65. The van der Waals surface area contributed by atoms with Gasteiger partial charge in [-0.05, 0) is 12.0 Å². The molecule has 1 aromatic heterocycles. The molecule has 0 aromatic carbocycles. The molecule has 0 unspecified atom stereocenters. The van der Waals surface area contributed by atoms with E-state index in [1.165, 1.54) is 11.3 Å². The molecule has 5 nitrogen and oxygen atoms in total. The number of amides is 1. The van der Waals surface area contributed by atoms with Crippen LogP contribution in [-0.4, -0.2) is 36.7 Å². The zero-order valence-corrected chi connectivity index (χ0v) is 9.50. The third-order valence-electron chi connectivity index (χ3n) is 2.88. The van der Waals surface area contributed by atoms with Gasteiger partial charge in [-0.25, -0.2) is 0 Å². The summed E-state index contributed by atoms with van der Waals surface area (Å²) in [7, 11) is 1.77. The fourth-order valence-corrected chi connectivity index (χ4v) is 3.22. The Hall–Kier alpha value is -1.56. The number of likely N-dealkylation sites (N-methyl/N-ethyl adjacent to an activating group) is 1. The van der Waals surface area contributed by atoms with Crippen molar-refractivity contribution >= 4 is 28.0 Å². The van der Waals surface area contributed by atoms with Crippen LogP contribution in [-0.2, 0) is 6.42 Å². The van der Waals surface area contributed by atoms with Gasteiger partial charge in [0, 0.05) is 13.6 Å². The highest BCUT2D eigenvalue weighted by Gasteiger charge is 2.32. The average molecular weight is 235 g/mol. The van der Waals surface area contributed by atoms with Gasteiger partial charge >= 0.3 is 0 Å². The maximum Gasteiger partial charge on any atom is 0.264 e. The maximum absolute atomic E-state index is 11.9. The number of carbonyl (C=O) groups is 2.